The first-order valence-electron chi connectivity index (χ1n) is 11.8. The first kappa shape index (κ1) is 27.6. The van der Waals surface area contributed by atoms with E-state index in [2.05, 4.69) is 24.1 Å². The van der Waals surface area contributed by atoms with E-state index in [1.807, 2.05) is 11.0 Å². The molecule has 3 rings (SSSR count). The van der Waals surface area contributed by atoms with Crippen LogP contribution in [0.4, 0.5) is 18.9 Å². The molecule has 0 aromatic heterocycles. The highest BCUT2D eigenvalue weighted by molar-refractivity contribution is 6.35. The van der Waals surface area contributed by atoms with Crippen LogP contribution in [0.15, 0.2) is 36.4 Å². The SMILES string of the molecule is CNC(CC(C)C)c1cc(C(F)(F)F)ccc1N1CCN(C(=O)CCc2ccc(Cl)cc2Cl)CC1. The lowest BCUT2D eigenvalue weighted by molar-refractivity contribution is -0.137. The number of aryl methyl sites for hydroxylation is 1. The summed E-state index contributed by atoms with van der Waals surface area (Å²) in [6.45, 7) is 6.26. The highest BCUT2D eigenvalue weighted by atomic mass is 35.5. The average Bonchev–Trinajstić information content (AvgIpc) is 2.81. The number of amides is 1. The minimum absolute atomic E-state index is 0.0382. The molecule has 0 spiro atoms. The van der Waals surface area contributed by atoms with Gasteiger partial charge in [0.2, 0.25) is 5.91 Å². The summed E-state index contributed by atoms with van der Waals surface area (Å²) >= 11 is 12.2. The fourth-order valence-corrected chi connectivity index (χ4v) is 4.99. The number of benzene rings is 2. The van der Waals surface area contributed by atoms with Crippen molar-refractivity contribution in [1.82, 2.24) is 10.2 Å². The smallest absolute Gasteiger partial charge is 0.368 e. The number of halogens is 5. The van der Waals surface area contributed by atoms with E-state index in [4.69, 9.17) is 23.2 Å². The Kier molecular flexibility index (Phi) is 9.35. The molecule has 2 aromatic rings. The molecule has 1 atom stereocenters. The van der Waals surface area contributed by atoms with Crippen LogP contribution < -0.4 is 10.2 Å². The maximum absolute atomic E-state index is 13.5. The molecule has 1 saturated heterocycles. The number of nitrogens with one attached hydrogen (secondary N) is 1. The Hall–Kier alpha value is -1.96. The van der Waals surface area contributed by atoms with Crippen LogP contribution in [-0.2, 0) is 17.4 Å². The first-order chi connectivity index (χ1) is 16.5. The largest absolute Gasteiger partial charge is 0.416 e. The highest BCUT2D eigenvalue weighted by Crippen LogP contribution is 2.37. The molecule has 2 aromatic carbocycles. The van der Waals surface area contributed by atoms with Crippen LogP contribution in [0.2, 0.25) is 10.0 Å². The van der Waals surface area contributed by atoms with Crippen LogP contribution in [0.3, 0.4) is 0 Å². The Bertz CT molecular complexity index is 1020. The van der Waals surface area contributed by atoms with E-state index in [0.717, 1.165) is 23.7 Å². The lowest BCUT2D eigenvalue weighted by atomic mass is 9.93. The fourth-order valence-electron chi connectivity index (χ4n) is 4.49. The molecular weight excluding hydrogens is 498 g/mol. The van der Waals surface area contributed by atoms with E-state index >= 15 is 0 Å². The molecule has 1 amide bonds. The molecule has 0 aliphatic carbocycles. The molecule has 1 unspecified atom stereocenters. The maximum Gasteiger partial charge on any atom is 0.416 e. The topological polar surface area (TPSA) is 35.6 Å². The van der Waals surface area contributed by atoms with Gasteiger partial charge in [-0.05, 0) is 67.3 Å². The summed E-state index contributed by atoms with van der Waals surface area (Å²) in [4.78, 5) is 16.7. The van der Waals surface area contributed by atoms with Crippen LogP contribution >= 0.6 is 23.2 Å². The molecule has 0 bridgehead atoms. The van der Waals surface area contributed by atoms with Crippen molar-refractivity contribution in [3.8, 4) is 0 Å². The molecule has 0 radical (unpaired) electrons. The van der Waals surface area contributed by atoms with E-state index in [1.54, 1.807) is 25.2 Å². The first-order valence-corrected chi connectivity index (χ1v) is 12.6. The van der Waals surface area contributed by atoms with E-state index in [-0.39, 0.29) is 11.9 Å². The van der Waals surface area contributed by atoms with E-state index in [1.165, 1.54) is 6.07 Å². The standard InChI is InChI=1S/C26H32Cl2F3N3O/c1-17(2)14-23(32-3)21-15-19(26(29,30)31)6-8-24(21)33-10-12-34(13-11-33)25(35)9-5-18-4-7-20(27)16-22(18)28/h4,6-8,15-17,23,32H,5,9-14H2,1-3H3. The number of rotatable bonds is 8. The van der Waals surface area contributed by atoms with Gasteiger partial charge in [-0.1, -0.05) is 43.1 Å². The van der Waals surface area contributed by atoms with E-state index in [0.29, 0.717) is 60.5 Å². The average molecular weight is 530 g/mol. The van der Waals surface area contributed by atoms with Gasteiger partial charge >= 0.3 is 6.18 Å². The monoisotopic (exact) mass is 529 g/mol. The van der Waals surface area contributed by atoms with E-state index < -0.39 is 11.7 Å². The molecule has 1 heterocycles. The van der Waals surface area contributed by atoms with Crippen molar-refractivity contribution >= 4 is 34.8 Å². The van der Waals surface area contributed by atoms with Gasteiger partial charge in [0.25, 0.3) is 0 Å². The van der Waals surface area contributed by atoms with Crippen molar-refractivity contribution in [2.45, 2.75) is 45.3 Å². The van der Waals surface area contributed by atoms with Gasteiger partial charge in [0.05, 0.1) is 5.56 Å². The van der Waals surface area contributed by atoms with Gasteiger partial charge in [-0.3, -0.25) is 4.79 Å². The summed E-state index contributed by atoms with van der Waals surface area (Å²) < 4.78 is 40.4. The lowest BCUT2D eigenvalue weighted by Crippen LogP contribution is -2.49. The summed E-state index contributed by atoms with van der Waals surface area (Å²) in [7, 11) is 1.78. The fraction of sp³-hybridized carbons (Fsp3) is 0.500. The Morgan fingerprint density at radius 1 is 1.06 bits per heavy atom. The summed E-state index contributed by atoms with van der Waals surface area (Å²) in [5.41, 5.74) is 1.67. The third-order valence-electron chi connectivity index (χ3n) is 6.38. The van der Waals surface area contributed by atoms with Crippen molar-refractivity contribution in [2.24, 2.45) is 5.92 Å². The number of nitrogens with zero attached hydrogens (tertiary/aromatic N) is 2. The molecular formula is C26H32Cl2F3N3O. The van der Waals surface area contributed by atoms with Gasteiger partial charge < -0.3 is 15.1 Å². The number of hydrogen-bond acceptors (Lipinski definition) is 3. The number of piperazine rings is 1. The zero-order chi connectivity index (χ0) is 25.8. The molecule has 9 heteroatoms. The third-order valence-corrected chi connectivity index (χ3v) is 6.97. The van der Waals surface area contributed by atoms with Crippen molar-refractivity contribution in [3.05, 3.63) is 63.1 Å². The lowest BCUT2D eigenvalue weighted by Gasteiger charge is -2.38. The third kappa shape index (κ3) is 7.28. The molecule has 1 aliphatic rings. The molecule has 35 heavy (non-hydrogen) atoms. The molecule has 4 nitrogen and oxygen atoms in total. The molecule has 1 aliphatic heterocycles. The minimum Gasteiger partial charge on any atom is -0.368 e. The van der Waals surface area contributed by atoms with Crippen LogP contribution in [0, 0.1) is 5.92 Å². The summed E-state index contributed by atoms with van der Waals surface area (Å²) in [5, 5.41) is 4.30. The second-order valence-electron chi connectivity index (χ2n) is 9.35. The van der Waals surface area contributed by atoms with Crippen molar-refractivity contribution in [2.75, 3.05) is 38.1 Å². The Labute approximate surface area is 215 Å². The number of carbonyl (C=O) groups excluding carboxylic acids is 1. The zero-order valence-electron chi connectivity index (χ0n) is 20.3. The second kappa shape index (κ2) is 11.8. The summed E-state index contributed by atoms with van der Waals surface area (Å²) in [5.74, 6) is 0.356. The maximum atomic E-state index is 13.5. The quantitative estimate of drug-likeness (QED) is 0.418. The highest BCUT2D eigenvalue weighted by Gasteiger charge is 2.33. The number of anilines is 1. The van der Waals surface area contributed by atoms with Gasteiger partial charge in [-0.2, -0.15) is 13.2 Å². The van der Waals surface area contributed by atoms with Crippen LogP contribution in [0.1, 0.15) is 49.4 Å². The normalized spacial score (nSPS) is 15.6. The van der Waals surface area contributed by atoms with Gasteiger partial charge in [0.1, 0.15) is 0 Å². The Morgan fingerprint density at radius 2 is 1.74 bits per heavy atom. The van der Waals surface area contributed by atoms with Crippen LogP contribution in [-0.4, -0.2) is 44.0 Å². The Morgan fingerprint density at radius 3 is 2.31 bits per heavy atom. The summed E-state index contributed by atoms with van der Waals surface area (Å²) in [6.07, 6.45) is -2.82. The van der Waals surface area contributed by atoms with Crippen molar-refractivity contribution < 1.29 is 18.0 Å². The molecule has 1 fully saturated rings. The predicted octanol–water partition coefficient (Wildman–Crippen LogP) is 6.60. The van der Waals surface area contributed by atoms with Crippen LogP contribution in [0.5, 0.6) is 0 Å². The molecule has 192 valence electrons. The zero-order valence-corrected chi connectivity index (χ0v) is 21.8. The van der Waals surface area contributed by atoms with Gasteiger partial charge in [-0.25, -0.2) is 0 Å². The summed E-state index contributed by atoms with van der Waals surface area (Å²) in [6, 6.07) is 9.05. The predicted molar refractivity (Wildman–Crippen MR) is 136 cm³/mol. The molecule has 1 N–H and O–H groups in total. The van der Waals surface area contributed by atoms with Crippen molar-refractivity contribution in [1.29, 1.82) is 0 Å². The number of hydrogen-bond donors (Lipinski definition) is 1. The second-order valence-corrected chi connectivity index (χ2v) is 10.2. The van der Waals surface area contributed by atoms with E-state index in [9.17, 15) is 18.0 Å². The van der Waals surface area contributed by atoms with Crippen LogP contribution in [0.25, 0.3) is 0 Å². The number of alkyl halides is 3. The van der Waals surface area contributed by atoms with Crippen molar-refractivity contribution in [3.63, 3.8) is 0 Å². The van der Waals surface area contributed by atoms with Gasteiger partial charge in [0.15, 0.2) is 0 Å². The minimum atomic E-state index is -4.40. The van der Waals surface area contributed by atoms with Gasteiger partial charge in [0, 0.05) is 54.4 Å². The number of carbonyl (C=O) groups is 1. The molecule has 0 saturated carbocycles. The Balaban J connectivity index is 1.70. The van der Waals surface area contributed by atoms with Gasteiger partial charge in [-0.15, -0.1) is 0 Å².